The fraction of sp³-hybridized carbons (Fsp3) is 0.929. The van der Waals surface area contributed by atoms with Crippen molar-refractivity contribution >= 4 is 21.8 Å². The van der Waals surface area contributed by atoms with E-state index < -0.39 is 0 Å². The SMILES string of the molecule is CC1OC(C)C(C(=O)N2CCC(CBr)CC2)C1C. The molecule has 3 nitrogen and oxygen atoms in total. The van der Waals surface area contributed by atoms with Crippen molar-refractivity contribution in [1.29, 1.82) is 0 Å². The molecule has 0 radical (unpaired) electrons. The number of hydrogen-bond donors (Lipinski definition) is 0. The van der Waals surface area contributed by atoms with E-state index in [9.17, 15) is 4.79 Å². The number of carbonyl (C=O) groups excluding carboxylic acids is 1. The van der Waals surface area contributed by atoms with Crippen LogP contribution in [0, 0.1) is 17.8 Å². The smallest absolute Gasteiger partial charge is 0.228 e. The monoisotopic (exact) mass is 317 g/mol. The predicted octanol–water partition coefficient (Wildman–Crippen LogP) is 2.68. The molecule has 0 spiro atoms. The Balaban J connectivity index is 1.95. The van der Waals surface area contributed by atoms with E-state index in [1.165, 1.54) is 0 Å². The Morgan fingerprint density at radius 3 is 2.28 bits per heavy atom. The molecule has 2 rings (SSSR count). The highest BCUT2D eigenvalue weighted by atomic mass is 79.9. The van der Waals surface area contributed by atoms with E-state index in [2.05, 4.69) is 34.7 Å². The summed E-state index contributed by atoms with van der Waals surface area (Å²) in [4.78, 5) is 14.6. The maximum Gasteiger partial charge on any atom is 0.228 e. The lowest BCUT2D eigenvalue weighted by Crippen LogP contribution is -2.45. The standard InChI is InChI=1S/C14H24BrNO2/c1-9-10(2)18-11(3)13(9)14(17)16-6-4-12(8-15)5-7-16/h9-13H,4-8H2,1-3H3. The van der Waals surface area contributed by atoms with Crippen LogP contribution in [0.3, 0.4) is 0 Å². The lowest BCUT2D eigenvalue weighted by molar-refractivity contribution is -0.139. The molecule has 2 heterocycles. The van der Waals surface area contributed by atoms with Crippen LogP contribution in [0.15, 0.2) is 0 Å². The van der Waals surface area contributed by atoms with Gasteiger partial charge < -0.3 is 9.64 Å². The number of likely N-dealkylation sites (tertiary alicyclic amines) is 1. The molecule has 0 aromatic rings. The minimum Gasteiger partial charge on any atom is -0.374 e. The van der Waals surface area contributed by atoms with Crippen LogP contribution in [0.1, 0.15) is 33.6 Å². The van der Waals surface area contributed by atoms with Gasteiger partial charge in [-0.1, -0.05) is 22.9 Å². The molecule has 0 aliphatic carbocycles. The highest BCUT2D eigenvalue weighted by Gasteiger charge is 2.43. The van der Waals surface area contributed by atoms with Crippen LogP contribution in [0.4, 0.5) is 0 Å². The fourth-order valence-corrected chi connectivity index (χ4v) is 3.86. The fourth-order valence-electron chi connectivity index (χ4n) is 3.21. The first-order valence-corrected chi connectivity index (χ1v) is 8.17. The molecule has 104 valence electrons. The molecule has 0 bridgehead atoms. The Hall–Kier alpha value is -0.0900. The molecule has 0 N–H and O–H groups in total. The molecule has 1 amide bonds. The Morgan fingerprint density at radius 1 is 1.22 bits per heavy atom. The number of piperidine rings is 1. The van der Waals surface area contributed by atoms with Crippen molar-refractivity contribution in [3.05, 3.63) is 0 Å². The molecule has 4 unspecified atom stereocenters. The Morgan fingerprint density at radius 2 is 1.83 bits per heavy atom. The largest absolute Gasteiger partial charge is 0.374 e. The predicted molar refractivity (Wildman–Crippen MR) is 75.8 cm³/mol. The van der Waals surface area contributed by atoms with Crippen LogP contribution in [-0.4, -0.2) is 41.4 Å². The summed E-state index contributed by atoms with van der Waals surface area (Å²) in [5.74, 6) is 1.44. The highest BCUT2D eigenvalue weighted by Crippen LogP contribution is 2.34. The summed E-state index contributed by atoms with van der Waals surface area (Å²) in [7, 11) is 0. The number of carbonyl (C=O) groups is 1. The molecule has 0 saturated carbocycles. The van der Waals surface area contributed by atoms with Crippen molar-refractivity contribution in [2.45, 2.75) is 45.8 Å². The molecule has 4 atom stereocenters. The molecule has 2 fully saturated rings. The van der Waals surface area contributed by atoms with Gasteiger partial charge in [-0.05, 0) is 38.5 Å². The van der Waals surface area contributed by atoms with Crippen LogP contribution in [0.5, 0.6) is 0 Å². The topological polar surface area (TPSA) is 29.5 Å². The van der Waals surface area contributed by atoms with Crippen LogP contribution >= 0.6 is 15.9 Å². The van der Waals surface area contributed by atoms with Crippen molar-refractivity contribution in [2.24, 2.45) is 17.8 Å². The van der Waals surface area contributed by atoms with Crippen molar-refractivity contribution in [3.63, 3.8) is 0 Å². The van der Waals surface area contributed by atoms with Crippen LogP contribution < -0.4 is 0 Å². The first-order chi connectivity index (χ1) is 8.54. The van der Waals surface area contributed by atoms with Crippen molar-refractivity contribution < 1.29 is 9.53 Å². The molecular formula is C14H24BrNO2. The number of rotatable bonds is 2. The number of ether oxygens (including phenoxy) is 1. The Kier molecular flexibility index (Phi) is 4.70. The lowest BCUT2D eigenvalue weighted by Gasteiger charge is -2.34. The summed E-state index contributed by atoms with van der Waals surface area (Å²) in [6, 6.07) is 0. The van der Waals surface area contributed by atoms with Gasteiger partial charge in [0.15, 0.2) is 0 Å². The quantitative estimate of drug-likeness (QED) is 0.733. The van der Waals surface area contributed by atoms with Gasteiger partial charge >= 0.3 is 0 Å². The normalized spacial score (nSPS) is 38.1. The number of nitrogens with zero attached hydrogens (tertiary/aromatic N) is 1. The highest BCUT2D eigenvalue weighted by molar-refractivity contribution is 9.09. The second-order valence-electron chi connectivity index (χ2n) is 5.85. The van der Waals surface area contributed by atoms with Crippen molar-refractivity contribution in [1.82, 2.24) is 4.90 Å². The van der Waals surface area contributed by atoms with Crippen molar-refractivity contribution in [3.8, 4) is 0 Å². The second kappa shape index (κ2) is 5.91. The van der Waals surface area contributed by atoms with Crippen molar-refractivity contribution in [2.75, 3.05) is 18.4 Å². The van der Waals surface area contributed by atoms with Gasteiger partial charge in [0.05, 0.1) is 18.1 Å². The van der Waals surface area contributed by atoms with E-state index in [1.54, 1.807) is 0 Å². The van der Waals surface area contributed by atoms with Gasteiger partial charge in [0, 0.05) is 18.4 Å². The van der Waals surface area contributed by atoms with Gasteiger partial charge in [0.25, 0.3) is 0 Å². The summed E-state index contributed by atoms with van der Waals surface area (Å²) in [6.07, 6.45) is 2.52. The zero-order chi connectivity index (χ0) is 13.3. The van der Waals surface area contributed by atoms with E-state index in [1.807, 2.05) is 6.92 Å². The molecular weight excluding hydrogens is 294 g/mol. The molecule has 2 saturated heterocycles. The molecule has 2 aliphatic heterocycles. The average molecular weight is 318 g/mol. The lowest BCUT2D eigenvalue weighted by atomic mass is 9.87. The van der Waals surface area contributed by atoms with Gasteiger partial charge in [0.2, 0.25) is 5.91 Å². The molecule has 18 heavy (non-hydrogen) atoms. The molecule has 0 aromatic carbocycles. The summed E-state index contributed by atoms with van der Waals surface area (Å²) in [6.45, 7) is 8.08. The zero-order valence-corrected chi connectivity index (χ0v) is 13.1. The maximum atomic E-state index is 12.6. The summed E-state index contributed by atoms with van der Waals surface area (Å²) < 4.78 is 5.79. The number of hydrogen-bond acceptors (Lipinski definition) is 2. The van der Waals surface area contributed by atoms with E-state index in [-0.39, 0.29) is 18.1 Å². The second-order valence-corrected chi connectivity index (χ2v) is 6.50. The minimum absolute atomic E-state index is 0.0560. The van der Waals surface area contributed by atoms with Crippen LogP contribution in [0.25, 0.3) is 0 Å². The Bertz CT molecular complexity index is 302. The van der Waals surface area contributed by atoms with E-state index in [0.29, 0.717) is 11.8 Å². The molecule has 0 aromatic heterocycles. The third-order valence-corrected chi connectivity index (χ3v) is 5.59. The van der Waals surface area contributed by atoms with Gasteiger partial charge in [-0.25, -0.2) is 0 Å². The first-order valence-electron chi connectivity index (χ1n) is 7.04. The van der Waals surface area contributed by atoms with E-state index >= 15 is 0 Å². The third-order valence-electron chi connectivity index (χ3n) is 4.67. The maximum absolute atomic E-state index is 12.6. The van der Waals surface area contributed by atoms with E-state index in [0.717, 1.165) is 37.2 Å². The van der Waals surface area contributed by atoms with Gasteiger partial charge in [-0.15, -0.1) is 0 Å². The zero-order valence-electron chi connectivity index (χ0n) is 11.6. The summed E-state index contributed by atoms with van der Waals surface area (Å²) >= 11 is 3.54. The van der Waals surface area contributed by atoms with Gasteiger partial charge in [-0.2, -0.15) is 0 Å². The Labute approximate surface area is 118 Å². The number of amides is 1. The summed E-state index contributed by atoms with van der Waals surface area (Å²) in [5.41, 5.74) is 0. The minimum atomic E-state index is 0.0560. The number of halogens is 1. The first kappa shape index (κ1) is 14.3. The average Bonchev–Trinajstić information content (AvgIpc) is 2.63. The van der Waals surface area contributed by atoms with Crippen LogP contribution in [0.2, 0.25) is 0 Å². The third kappa shape index (κ3) is 2.74. The van der Waals surface area contributed by atoms with Crippen LogP contribution in [-0.2, 0) is 9.53 Å². The molecule has 2 aliphatic rings. The van der Waals surface area contributed by atoms with Gasteiger partial charge in [0.1, 0.15) is 0 Å². The van der Waals surface area contributed by atoms with Gasteiger partial charge in [-0.3, -0.25) is 4.79 Å². The summed E-state index contributed by atoms with van der Waals surface area (Å²) in [5, 5.41) is 1.06. The number of alkyl halides is 1. The molecule has 4 heteroatoms. The van der Waals surface area contributed by atoms with E-state index in [4.69, 9.17) is 4.74 Å².